The minimum atomic E-state index is -1.36. The fourth-order valence-electron chi connectivity index (χ4n) is 6.72. The zero-order chi connectivity index (χ0) is 29.5. The predicted octanol–water partition coefficient (Wildman–Crippen LogP) is 3.13. The number of hydrogen-bond donors (Lipinski definition) is 2. The highest BCUT2D eigenvalue weighted by Crippen LogP contribution is 2.42. The van der Waals surface area contributed by atoms with E-state index < -0.39 is 11.7 Å². The molecule has 4 atom stereocenters. The number of amidine groups is 2. The lowest BCUT2D eigenvalue weighted by molar-refractivity contribution is -0.0280. The number of nitrogens with one attached hydrogen (secondary N) is 2. The molecule has 2 N–H and O–H groups in total. The van der Waals surface area contributed by atoms with Crippen molar-refractivity contribution in [3.63, 3.8) is 0 Å². The van der Waals surface area contributed by atoms with E-state index in [-0.39, 0.29) is 11.8 Å². The summed E-state index contributed by atoms with van der Waals surface area (Å²) in [6, 6.07) is 23.9. The van der Waals surface area contributed by atoms with Gasteiger partial charge in [0, 0.05) is 46.9 Å². The van der Waals surface area contributed by atoms with E-state index in [4.69, 9.17) is 39.4 Å². The van der Waals surface area contributed by atoms with Crippen LogP contribution >= 0.6 is 0 Å². The Morgan fingerprint density at radius 1 is 0.614 bits per heavy atom. The molecule has 0 amide bonds. The molecule has 0 saturated heterocycles. The molecule has 2 aromatic heterocycles. The number of aromatic nitrogens is 2. The van der Waals surface area contributed by atoms with Crippen molar-refractivity contribution in [2.45, 2.75) is 11.7 Å². The van der Waals surface area contributed by atoms with Gasteiger partial charge >= 0.3 is 0 Å². The molecular weight excluding hydrogens is 552 g/mol. The molecule has 3 aliphatic heterocycles. The molecule has 5 aromatic rings. The van der Waals surface area contributed by atoms with E-state index in [2.05, 4.69) is 22.1 Å². The number of benzene rings is 3. The number of allylic oxidation sites excluding steroid dienone is 2. The Morgan fingerprint density at radius 2 is 1.23 bits per heavy atom. The minimum absolute atomic E-state index is 0.147. The SMILES string of the molecule is CO[C@@]12N=C(N=c3[nH]/c(c4ccccc34)=N\[C@@]3(OC)N=C(N=c4[nH]/c(c5ccccc45)=N\1)C1C=CC=CC13)c1ccccc12. The Kier molecular flexibility index (Phi) is 5.21. The third-order valence-electron chi connectivity index (χ3n) is 8.83. The molecule has 2 unspecified atom stereocenters. The monoisotopic (exact) mass is 578 g/mol. The average Bonchev–Trinajstić information content (AvgIpc) is 3.78. The van der Waals surface area contributed by atoms with E-state index in [9.17, 15) is 0 Å². The summed E-state index contributed by atoms with van der Waals surface area (Å²) >= 11 is 0. The largest absolute Gasteiger partial charge is 0.338 e. The van der Waals surface area contributed by atoms with E-state index in [1.165, 1.54) is 0 Å². The summed E-state index contributed by atoms with van der Waals surface area (Å²) in [4.78, 5) is 37.6. The maximum atomic E-state index is 6.19. The molecule has 0 radical (unpaired) electrons. The van der Waals surface area contributed by atoms with Crippen molar-refractivity contribution < 1.29 is 9.47 Å². The van der Waals surface area contributed by atoms with Crippen LogP contribution in [-0.4, -0.2) is 41.7 Å². The lowest BCUT2D eigenvalue weighted by Crippen LogP contribution is -2.37. The Hall–Kier alpha value is -5.32. The lowest BCUT2D eigenvalue weighted by Gasteiger charge is -2.28. The van der Waals surface area contributed by atoms with Crippen molar-refractivity contribution >= 4 is 33.2 Å². The average molecular weight is 579 g/mol. The van der Waals surface area contributed by atoms with Crippen LogP contribution in [0.3, 0.4) is 0 Å². The summed E-state index contributed by atoms with van der Waals surface area (Å²) in [6.07, 6.45) is 8.22. The highest BCUT2D eigenvalue weighted by atomic mass is 16.5. The number of H-pyrrole nitrogens is 2. The van der Waals surface area contributed by atoms with E-state index in [0.717, 1.165) is 32.7 Å². The molecule has 10 heteroatoms. The van der Waals surface area contributed by atoms with Gasteiger partial charge in [-0.15, -0.1) is 0 Å². The van der Waals surface area contributed by atoms with E-state index in [1.54, 1.807) is 14.2 Å². The van der Waals surface area contributed by atoms with Crippen LogP contribution in [0.2, 0.25) is 0 Å². The maximum Gasteiger partial charge on any atom is 0.288 e. The van der Waals surface area contributed by atoms with Crippen LogP contribution in [0.15, 0.2) is 127 Å². The number of aromatic amines is 2. The summed E-state index contributed by atoms with van der Waals surface area (Å²) < 4.78 is 12.3. The molecular formula is C34H26N8O2. The fraction of sp³-hybridized carbons (Fsp3) is 0.176. The molecule has 214 valence electrons. The standard InChI is InChI=1S/C34H26N8O2/c1-43-33-25-17-9-7-15-23(25)31(41-33)37-28-20-12-4-6-14-22(20)30(36-28)40-34(44-2)26-18-10-8-16-24(26)32(42-34)38-27-19-11-3-5-13-21(19)29(35-27)39-33/h3-18,23,25H,1-2H3,(H,35,38,39,42)(H,36,37,40,41)/t23?,25?,33-,34-/m1/s1. The van der Waals surface area contributed by atoms with Crippen LogP contribution in [0.1, 0.15) is 11.1 Å². The zero-order valence-corrected chi connectivity index (χ0v) is 23.9. The van der Waals surface area contributed by atoms with E-state index >= 15 is 0 Å². The fourth-order valence-corrected chi connectivity index (χ4v) is 6.72. The van der Waals surface area contributed by atoms with Gasteiger partial charge in [0.05, 0.1) is 11.8 Å². The molecule has 0 spiro atoms. The molecule has 0 saturated carbocycles. The summed E-state index contributed by atoms with van der Waals surface area (Å²) in [6.45, 7) is 0. The van der Waals surface area contributed by atoms with Gasteiger partial charge in [0.15, 0.2) is 5.84 Å². The first-order valence-corrected chi connectivity index (χ1v) is 14.5. The van der Waals surface area contributed by atoms with Gasteiger partial charge in [0.1, 0.15) is 27.8 Å². The van der Waals surface area contributed by atoms with Crippen molar-refractivity contribution in [1.29, 1.82) is 0 Å². The summed E-state index contributed by atoms with van der Waals surface area (Å²) in [5, 5.41) is 3.59. The third-order valence-corrected chi connectivity index (χ3v) is 8.83. The van der Waals surface area contributed by atoms with Crippen LogP contribution in [0, 0.1) is 11.8 Å². The number of hydrogen-bond acceptors (Lipinski definition) is 8. The molecule has 10 nitrogen and oxygen atoms in total. The van der Waals surface area contributed by atoms with E-state index in [0.29, 0.717) is 33.6 Å². The van der Waals surface area contributed by atoms with Gasteiger partial charge in [-0.2, -0.15) is 0 Å². The van der Waals surface area contributed by atoms with Gasteiger partial charge in [0.2, 0.25) is 0 Å². The van der Waals surface area contributed by atoms with Crippen molar-refractivity contribution in [2.75, 3.05) is 14.2 Å². The zero-order valence-electron chi connectivity index (χ0n) is 23.9. The van der Waals surface area contributed by atoms with Gasteiger partial charge in [-0.05, 0) is 0 Å². The Morgan fingerprint density at radius 3 is 1.93 bits per heavy atom. The van der Waals surface area contributed by atoms with E-state index in [1.807, 2.05) is 84.9 Å². The first kappa shape index (κ1) is 25.2. The summed E-state index contributed by atoms with van der Waals surface area (Å²) in [5.41, 5.74) is 4.10. The maximum absolute atomic E-state index is 6.19. The molecule has 1 aliphatic carbocycles. The third kappa shape index (κ3) is 3.43. The quantitative estimate of drug-likeness (QED) is 0.334. The highest BCUT2D eigenvalue weighted by molar-refractivity contribution is 6.04. The summed E-state index contributed by atoms with van der Waals surface area (Å²) in [5.74, 6) is -1.84. The second-order valence-electron chi connectivity index (χ2n) is 11.1. The van der Waals surface area contributed by atoms with Gasteiger partial charge in [-0.3, -0.25) is 0 Å². The van der Waals surface area contributed by atoms with Crippen molar-refractivity contribution in [2.24, 2.45) is 41.8 Å². The lowest BCUT2D eigenvalue weighted by atomic mass is 9.86. The molecule has 0 fully saturated rings. The molecule has 5 heterocycles. The molecule has 8 bridgehead atoms. The Labute approximate surface area is 250 Å². The van der Waals surface area contributed by atoms with Gasteiger partial charge < -0.3 is 19.4 Å². The van der Waals surface area contributed by atoms with Crippen LogP contribution in [0.25, 0.3) is 21.5 Å². The first-order chi connectivity index (χ1) is 21.6. The van der Waals surface area contributed by atoms with Gasteiger partial charge in [-0.1, -0.05) is 97.1 Å². The number of fused-ring (bicyclic) bond motifs is 18. The smallest absolute Gasteiger partial charge is 0.288 e. The Bertz CT molecular complexity index is 2420. The number of rotatable bonds is 2. The van der Waals surface area contributed by atoms with Crippen molar-refractivity contribution in [1.82, 2.24) is 9.97 Å². The predicted molar refractivity (Wildman–Crippen MR) is 165 cm³/mol. The topological polar surface area (TPSA) is 124 Å². The van der Waals surface area contributed by atoms with Crippen LogP contribution < -0.4 is 22.0 Å². The minimum Gasteiger partial charge on any atom is -0.338 e. The number of ether oxygens (including phenoxy) is 2. The van der Waals surface area contributed by atoms with Crippen LogP contribution in [0.4, 0.5) is 0 Å². The van der Waals surface area contributed by atoms with Crippen LogP contribution in [0.5, 0.6) is 0 Å². The molecule has 9 rings (SSSR count). The second kappa shape index (κ2) is 9.09. The molecule has 3 aromatic carbocycles. The van der Waals surface area contributed by atoms with Gasteiger partial charge in [0.25, 0.3) is 11.7 Å². The summed E-state index contributed by atoms with van der Waals surface area (Å²) in [7, 11) is 3.26. The van der Waals surface area contributed by atoms with Crippen molar-refractivity contribution in [3.05, 3.63) is 130 Å². The van der Waals surface area contributed by atoms with Crippen LogP contribution in [-0.2, 0) is 15.3 Å². The molecule has 44 heavy (non-hydrogen) atoms. The van der Waals surface area contributed by atoms with Gasteiger partial charge in [-0.25, -0.2) is 30.0 Å². The second-order valence-corrected chi connectivity index (χ2v) is 11.1. The number of nitrogens with zero attached hydrogens (tertiary/aromatic N) is 6. The number of methoxy groups -OCH3 is 2. The van der Waals surface area contributed by atoms with Crippen molar-refractivity contribution in [3.8, 4) is 0 Å². The number of aliphatic imine (C=N–C) groups is 2. The Balaban J connectivity index is 1.46. The first-order valence-electron chi connectivity index (χ1n) is 14.5. The molecule has 4 aliphatic rings. The normalized spacial score (nSPS) is 27.8. The highest BCUT2D eigenvalue weighted by Gasteiger charge is 2.50.